The van der Waals surface area contributed by atoms with E-state index >= 15 is 0 Å². The lowest BCUT2D eigenvalue weighted by atomic mass is 10.2. The van der Waals surface area contributed by atoms with Crippen molar-refractivity contribution in [1.82, 2.24) is 19.6 Å². The zero-order valence-electron chi connectivity index (χ0n) is 10.3. The summed E-state index contributed by atoms with van der Waals surface area (Å²) in [5.41, 5.74) is 1.41. The summed E-state index contributed by atoms with van der Waals surface area (Å²) in [6, 6.07) is 5.39. The van der Waals surface area contributed by atoms with E-state index in [2.05, 4.69) is 20.4 Å². The van der Waals surface area contributed by atoms with E-state index in [0.29, 0.717) is 16.5 Å². The van der Waals surface area contributed by atoms with Crippen LogP contribution in [0.3, 0.4) is 0 Å². The molecule has 0 aliphatic carbocycles. The van der Waals surface area contributed by atoms with Gasteiger partial charge in [-0.1, -0.05) is 11.6 Å². The molecule has 0 aliphatic heterocycles. The maximum absolute atomic E-state index is 11.1. The molecule has 0 spiro atoms. The predicted octanol–water partition coefficient (Wildman–Crippen LogP) is 2.20. The average Bonchev–Trinajstić information content (AvgIpc) is 2.74. The number of nitrogens with zero attached hydrogens (tertiary/aromatic N) is 4. The van der Waals surface area contributed by atoms with Crippen molar-refractivity contribution in [2.24, 2.45) is 0 Å². The van der Waals surface area contributed by atoms with Gasteiger partial charge in [0.1, 0.15) is 5.82 Å². The molecule has 96 valence electrons. The monoisotopic (exact) mass is 275 g/mol. The van der Waals surface area contributed by atoms with E-state index in [9.17, 15) is 4.79 Å². The van der Waals surface area contributed by atoms with E-state index in [0.717, 1.165) is 10.9 Å². The molecule has 1 amide bonds. The third kappa shape index (κ3) is 2.00. The average molecular weight is 276 g/mol. The number of carbonyl (C=O) groups is 1. The summed E-state index contributed by atoms with van der Waals surface area (Å²) < 4.78 is 1.59. The van der Waals surface area contributed by atoms with Gasteiger partial charge in [-0.05, 0) is 25.1 Å². The summed E-state index contributed by atoms with van der Waals surface area (Å²) in [4.78, 5) is 19.8. The highest BCUT2D eigenvalue weighted by molar-refractivity contribution is 6.31. The van der Waals surface area contributed by atoms with Crippen LogP contribution in [0.4, 0.5) is 5.95 Å². The lowest BCUT2D eigenvalue weighted by Crippen LogP contribution is -2.07. The fourth-order valence-corrected chi connectivity index (χ4v) is 2.10. The molecule has 1 N–H and O–H groups in total. The molecule has 1 aromatic carbocycles. The summed E-state index contributed by atoms with van der Waals surface area (Å²) in [5.74, 6) is 0.725. The van der Waals surface area contributed by atoms with Gasteiger partial charge in [-0.15, -0.1) is 5.10 Å². The van der Waals surface area contributed by atoms with E-state index < -0.39 is 0 Å². The van der Waals surface area contributed by atoms with Gasteiger partial charge >= 0.3 is 0 Å². The van der Waals surface area contributed by atoms with E-state index in [4.69, 9.17) is 11.6 Å². The molecule has 3 rings (SSSR count). The van der Waals surface area contributed by atoms with Gasteiger partial charge in [-0.25, -0.2) is 4.98 Å². The van der Waals surface area contributed by atoms with Crippen molar-refractivity contribution in [2.45, 2.75) is 13.8 Å². The van der Waals surface area contributed by atoms with Crippen molar-refractivity contribution < 1.29 is 4.79 Å². The predicted molar refractivity (Wildman–Crippen MR) is 72.3 cm³/mol. The molecule has 19 heavy (non-hydrogen) atoms. The molecule has 0 atom stereocenters. The minimum Gasteiger partial charge on any atom is -0.293 e. The van der Waals surface area contributed by atoms with Crippen molar-refractivity contribution >= 4 is 40.0 Å². The van der Waals surface area contributed by atoms with Gasteiger partial charge in [0.05, 0.1) is 5.52 Å². The van der Waals surface area contributed by atoms with Crippen LogP contribution in [0.2, 0.25) is 5.02 Å². The van der Waals surface area contributed by atoms with Crippen LogP contribution in [0, 0.1) is 6.92 Å². The molecular weight excluding hydrogens is 266 g/mol. The Morgan fingerprint density at radius 2 is 2.16 bits per heavy atom. The largest absolute Gasteiger partial charge is 0.293 e. The molecule has 3 aromatic rings. The number of carbonyl (C=O) groups excluding carboxylic acids is 1. The molecule has 2 aromatic heterocycles. The van der Waals surface area contributed by atoms with Crippen molar-refractivity contribution in [3.05, 3.63) is 29.0 Å². The molecule has 0 fully saturated rings. The summed E-state index contributed by atoms with van der Waals surface area (Å²) in [6.45, 7) is 3.24. The summed E-state index contributed by atoms with van der Waals surface area (Å²) in [5, 5.41) is 8.15. The Morgan fingerprint density at radius 3 is 2.89 bits per heavy atom. The first-order valence-electron chi connectivity index (χ1n) is 5.65. The third-order valence-electron chi connectivity index (χ3n) is 2.68. The second kappa shape index (κ2) is 4.17. The molecule has 0 unspecified atom stereocenters. The summed E-state index contributed by atoms with van der Waals surface area (Å²) in [7, 11) is 0. The number of benzene rings is 1. The van der Waals surface area contributed by atoms with Gasteiger partial charge in [-0.2, -0.15) is 9.50 Å². The Hall–Kier alpha value is -2.21. The van der Waals surface area contributed by atoms with E-state index in [1.54, 1.807) is 16.6 Å². The maximum Gasteiger partial charge on any atom is 0.249 e. The molecule has 0 saturated heterocycles. The molecule has 2 heterocycles. The number of hydrogen-bond acceptors (Lipinski definition) is 4. The van der Waals surface area contributed by atoms with E-state index in [1.807, 2.05) is 13.0 Å². The highest BCUT2D eigenvalue weighted by atomic mass is 35.5. The Balaban J connectivity index is 2.35. The smallest absolute Gasteiger partial charge is 0.249 e. The van der Waals surface area contributed by atoms with Gasteiger partial charge in [0, 0.05) is 17.3 Å². The molecule has 7 heteroatoms. The minimum atomic E-state index is -0.219. The van der Waals surface area contributed by atoms with Gasteiger partial charge in [0.2, 0.25) is 11.9 Å². The normalized spacial score (nSPS) is 11.1. The number of fused-ring (bicyclic) bond motifs is 3. The maximum atomic E-state index is 11.1. The number of rotatable bonds is 1. The van der Waals surface area contributed by atoms with Crippen molar-refractivity contribution in [1.29, 1.82) is 0 Å². The first-order valence-corrected chi connectivity index (χ1v) is 6.02. The van der Waals surface area contributed by atoms with Crippen molar-refractivity contribution in [3.8, 4) is 0 Å². The Labute approximate surface area is 113 Å². The fraction of sp³-hybridized carbons (Fsp3) is 0.167. The second-order valence-corrected chi connectivity index (χ2v) is 4.61. The quantitative estimate of drug-likeness (QED) is 0.739. The van der Waals surface area contributed by atoms with Crippen LogP contribution in [-0.4, -0.2) is 25.5 Å². The molecular formula is C12H10ClN5O. The fourth-order valence-electron chi connectivity index (χ4n) is 1.93. The molecule has 0 aliphatic rings. The van der Waals surface area contributed by atoms with Crippen LogP contribution >= 0.6 is 11.6 Å². The standard InChI is InChI=1S/C12H10ClN5O/c1-6-14-10-4-3-8(13)5-9(10)11-16-12(15-7(2)19)17-18(6)11/h3-5H,1-2H3,(H,15,17,19). The molecule has 6 nitrogen and oxygen atoms in total. The van der Waals surface area contributed by atoms with E-state index in [1.165, 1.54) is 6.92 Å². The number of anilines is 1. The number of aryl methyl sites for hydroxylation is 1. The first kappa shape index (κ1) is 11.9. The first-order chi connectivity index (χ1) is 9.04. The van der Waals surface area contributed by atoms with Crippen LogP contribution in [0.15, 0.2) is 18.2 Å². The molecule has 0 radical (unpaired) electrons. The Bertz CT molecular complexity index is 811. The Kier molecular flexibility index (Phi) is 2.60. The Morgan fingerprint density at radius 1 is 1.37 bits per heavy atom. The van der Waals surface area contributed by atoms with Crippen molar-refractivity contribution in [3.63, 3.8) is 0 Å². The van der Waals surface area contributed by atoms with Gasteiger partial charge < -0.3 is 0 Å². The SMILES string of the molecule is CC(=O)Nc1nc2c3cc(Cl)ccc3nc(C)n2n1. The van der Waals surface area contributed by atoms with Gasteiger partial charge in [-0.3, -0.25) is 10.1 Å². The number of nitrogens with one attached hydrogen (secondary N) is 1. The van der Waals surface area contributed by atoms with Crippen LogP contribution in [0.1, 0.15) is 12.7 Å². The lowest BCUT2D eigenvalue weighted by molar-refractivity contribution is -0.114. The van der Waals surface area contributed by atoms with Crippen LogP contribution in [-0.2, 0) is 4.79 Å². The molecule has 0 bridgehead atoms. The lowest BCUT2D eigenvalue weighted by Gasteiger charge is -2.02. The van der Waals surface area contributed by atoms with Crippen LogP contribution < -0.4 is 5.32 Å². The van der Waals surface area contributed by atoms with Gasteiger partial charge in [0.25, 0.3) is 0 Å². The minimum absolute atomic E-state index is 0.219. The number of amides is 1. The second-order valence-electron chi connectivity index (χ2n) is 4.17. The van der Waals surface area contributed by atoms with Crippen molar-refractivity contribution in [2.75, 3.05) is 5.32 Å². The van der Waals surface area contributed by atoms with Crippen LogP contribution in [0.5, 0.6) is 0 Å². The number of aromatic nitrogens is 4. The zero-order valence-corrected chi connectivity index (χ0v) is 11.1. The molecule has 0 saturated carbocycles. The van der Waals surface area contributed by atoms with E-state index in [-0.39, 0.29) is 11.9 Å². The zero-order chi connectivity index (χ0) is 13.6. The number of hydrogen-bond donors (Lipinski definition) is 1. The topological polar surface area (TPSA) is 72.2 Å². The highest BCUT2D eigenvalue weighted by Crippen LogP contribution is 2.22. The third-order valence-corrected chi connectivity index (χ3v) is 2.92. The summed E-state index contributed by atoms with van der Waals surface area (Å²) in [6.07, 6.45) is 0. The number of halogens is 1. The van der Waals surface area contributed by atoms with Gasteiger partial charge in [0.15, 0.2) is 5.65 Å². The van der Waals surface area contributed by atoms with Crippen LogP contribution in [0.25, 0.3) is 16.6 Å². The summed E-state index contributed by atoms with van der Waals surface area (Å²) >= 11 is 6.00. The highest BCUT2D eigenvalue weighted by Gasteiger charge is 2.12.